The van der Waals surface area contributed by atoms with Crippen molar-refractivity contribution in [1.82, 2.24) is 0 Å². The zero-order chi connectivity index (χ0) is 17.1. The van der Waals surface area contributed by atoms with Crippen molar-refractivity contribution in [3.05, 3.63) is 62.7 Å². The number of rotatable bonds is 4. The number of carbonyl (C=O) groups is 1. The lowest BCUT2D eigenvalue weighted by Crippen LogP contribution is -2.06. The van der Waals surface area contributed by atoms with Crippen LogP contribution in [0.25, 0.3) is 6.08 Å². The van der Waals surface area contributed by atoms with E-state index in [1.165, 1.54) is 0 Å². The van der Waals surface area contributed by atoms with E-state index in [9.17, 15) is 9.90 Å². The Morgan fingerprint density at radius 2 is 2.04 bits per heavy atom. The molecule has 0 bridgehead atoms. The summed E-state index contributed by atoms with van der Waals surface area (Å²) >= 11 is 2.02. The summed E-state index contributed by atoms with van der Waals surface area (Å²) in [5.74, 6) is -0.0405. The normalized spacial score (nSPS) is 15.3. The van der Waals surface area contributed by atoms with Crippen LogP contribution < -0.4 is 4.74 Å². The number of nitrogens with zero attached hydrogens (tertiary/aromatic N) is 1. The maximum absolute atomic E-state index is 12.0. The summed E-state index contributed by atoms with van der Waals surface area (Å²) in [6, 6.07) is 12.8. The largest absolute Gasteiger partial charge is 0.504 e. The minimum atomic E-state index is -0.505. The van der Waals surface area contributed by atoms with Crippen LogP contribution in [0.15, 0.2) is 53.2 Å². The molecule has 0 saturated heterocycles. The zero-order valence-electron chi connectivity index (χ0n) is 12.8. The monoisotopic (exact) mass is 435 g/mol. The van der Waals surface area contributed by atoms with Gasteiger partial charge in [0.1, 0.15) is 5.71 Å². The Balaban J connectivity index is 2.03. The van der Waals surface area contributed by atoms with E-state index in [1.807, 2.05) is 59.8 Å². The number of oxime groups is 1. The number of hydrogen-bond acceptors (Lipinski definition) is 5. The maximum atomic E-state index is 12.0. The molecule has 0 unspecified atom stereocenters. The van der Waals surface area contributed by atoms with Crippen LogP contribution >= 0.6 is 22.6 Å². The summed E-state index contributed by atoms with van der Waals surface area (Å²) in [5, 5.41) is 13.9. The predicted molar refractivity (Wildman–Crippen MR) is 99.0 cm³/mol. The zero-order valence-corrected chi connectivity index (χ0v) is 15.0. The molecule has 1 aliphatic heterocycles. The second-order valence-electron chi connectivity index (χ2n) is 5.03. The van der Waals surface area contributed by atoms with Gasteiger partial charge in [-0.3, -0.25) is 0 Å². The minimum absolute atomic E-state index is 0.0885. The van der Waals surface area contributed by atoms with Gasteiger partial charge in [-0.05, 0) is 53.3 Å². The summed E-state index contributed by atoms with van der Waals surface area (Å²) in [4.78, 5) is 16.9. The number of halogens is 1. The van der Waals surface area contributed by atoms with Crippen molar-refractivity contribution >= 4 is 40.3 Å². The number of ether oxygens (including phenoxy) is 1. The van der Waals surface area contributed by atoms with E-state index in [4.69, 9.17) is 9.57 Å². The lowest BCUT2D eigenvalue weighted by Gasteiger charge is -2.09. The molecule has 5 nitrogen and oxygen atoms in total. The van der Waals surface area contributed by atoms with Crippen LogP contribution in [0.1, 0.15) is 18.1 Å². The van der Waals surface area contributed by atoms with Gasteiger partial charge in [0.05, 0.1) is 15.8 Å². The predicted octanol–water partition coefficient (Wildman–Crippen LogP) is 3.74. The molecule has 24 heavy (non-hydrogen) atoms. The van der Waals surface area contributed by atoms with Crippen LogP contribution in [0.3, 0.4) is 0 Å². The molecule has 2 aromatic rings. The number of benzene rings is 2. The highest BCUT2D eigenvalue weighted by atomic mass is 127. The second kappa shape index (κ2) is 7.04. The molecule has 3 rings (SSSR count). The number of carbonyl (C=O) groups excluding carboxylic acids is 1. The number of phenolic OH excluding ortho intramolecular Hbond substituents is 1. The first-order chi connectivity index (χ1) is 11.6. The van der Waals surface area contributed by atoms with Crippen LogP contribution in [0.2, 0.25) is 0 Å². The third-order valence-electron chi connectivity index (χ3n) is 3.40. The number of phenols is 1. The molecule has 0 fully saturated rings. The molecule has 0 spiro atoms. The van der Waals surface area contributed by atoms with Gasteiger partial charge in [-0.15, -0.1) is 0 Å². The van der Waals surface area contributed by atoms with Gasteiger partial charge in [0, 0.05) is 5.56 Å². The first-order valence-electron chi connectivity index (χ1n) is 7.32. The average molecular weight is 435 g/mol. The molecule has 1 heterocycles. The highest BCUT2D eigenvalue weighted by molar-refractivity contribution is 14.1. The van der Waals surface area contributed by atoms with Crippen molar-refractivity contribution in [2.45, 2.75) is 6.92 Å². The van der Waals surface area contributed by atoms with Crippen molar-refractivity contribution in [3.8, 4) is 11.5 Å². The van der Waals surface area contributed by atoms with E-state index >= 15 is 0 Å². The molecular formula is C18H14INO4. The summed E-state index contributed by atoms with van der Waals surface area (Å²) < 4.78 is 6.06. The van der Waals surface area contributed by atoms with Crippen LogP contribution in [0.4, 0.5) is 0 Å². The van der Waals surface area contributed by atoms with Gasteiger partial charge in [0.25, 0.3) is 0 Å². The molecule has 1 aliphatic rings. The van der Waals surface area contributed by atoms with Gasteiger partial charge in [0.2, 0.25) is 0 Å². The Labute approximate surface area is 152 Å². The van der Waals surface area contributed by atoms with Gasteiger partial charge >= 0.3 is 5.97 Å². The smallest absolute Gasteiger partial charge is 0.368 e. The van der Waals surface area contributed by atoms with Gasteiger partial charge in [-0.25, -0.2) is 4.79 Å². The van der Waals surface area contributed by atoms with Crippen LogP contribution in [-0.2, 0) is 9.63 Å². The van der Waals surface area contributed by atoms with Gasteiger partial charge in [0.15, 0.2) is 11.5 Å². The second-order valence-corrected chi connectivity index (χ2v) is 6.19. The Morgan fingerprint density at radius 1 is 1.29 bits per heavy atom. The third-order valence-corrected chi connectivity index (χ3v) is 4.23. The van der Waals surface area contributed by atoms with Crippen molar-refractivity contribution in [2.75, 3.05) is 6.61 Å². The van der Waals surface area contributed by atoms with Crippen molar-refractivity contribution in [2.24, 2.45) is 5.16 Å². The highest BCUT2D eigenvalue weighted by Gasteiger charge is 2.26. The van der Waals surface area contributed by atoms with Crippen LogP contribution in [-0.4, -0.2) is 23.4 Å². The minimum Gasteiger partial charge on any atom is -0.504 e. The van der Waals surface area contributed by atoms with Crippen molar-refractivity contribution < 1.29 is 19.5 Å². The molecule has 2 aromatic carbocycles. The van der Waals surface area contributed by atoms with Gasteiger partial charge in [-0.2, -0.15) is 0 Å². The fourth-order valence-corrected chi connectivity index (χ4v) is 2.95. The lowest BCUT2D eigenvalue weighted by molar-refractivity contribution is -0.136. The maximum Gasteiger partial charge on any atom is 0.368 e. The molecular weight excluding hydrogens is 421 g/mol. The van der Waals surface area contributed by atoms with E-state index in [2.05, 4.69) is 5.16 Å². The van der Waals surface area contributed by atoms with E-state index in [0.717, 1.165) is 11.1 Å². The lowest BCUT2D eigenvalue weighted by atomic mass is 10.0. The summed E-state index contributed by atoms with van der Waals surface area (Å²) in [6.45, 7) is 2.27. The molecule has 6 heteroatoms. The van der Waals surface area contributed by atoms with Crippen molar-refractivity contribution in [3.63, 3.8) is 0 Å². The Bertz CT molecular complexity index is 844. The standard InChI is InChI=1S/C18H14INO4/c1-2-23-15-10-11(9-14(19)17(15)21)8-13-16(20-24-18(13)22)12-6-4-3-5-7-12/h3-10,21H,2H2,1H3/b13-8-. The first-order valence-corrected chi connectivity index (χ1v) is 8.40. The van der Waals surface area contributed by atoms with Crippen LogP contribution in [0, 0.1) is 3.57 Å². The average Bonchev–Trinajstić information content (AvgIpc) is 2.94. The SMILES string of the molecule is CCOc1cc(/C=C2\C(=O)ON=C2c2ccccc2)cc(I)c1O. The van der Waals surface area contributed by atoms with E-state index < -0.39 is 5.97 Å². The number of hydrogen-bond donors (Lipinski definition) is 1. The molecule has 0 atom stereocenters. The molecule has 0 radical (unpaired) electrons. The molecule has 0 aromatic heterocycles. The summed E-state index contributed by atoms with van der Waals surface area (Å²) in [6.07, 6.45) is 1.69. The fraction of sp³-hybridized carbons (Fsp3) is 0.111. The molecule has 0 amide bonds. The summed E-state index contributed by atoms with van der Waals surface area (Å²) in [7, 11) is 0. The Hall–Kier alpha value is -2.35. The van der Waals surface area contributed by atoms with E-state index in [0.29, 0.717) is 27.2 Å². The Morgan fingerprint density at radius 3 is 2.75 bits per heavy atom. The van der Waals surface area contributed by atoms with Crippen LogP contribution in [0.5, 0.6) is 11.5 Å². The van der Waals surface area contributed by atoms with Gasteiger partial charge in [-0.1, -0.05) is 35.5 Å². The van der Waals surface area contributed by atoms with E-state index in [1.54, 1.807) is 18.2 Å². The third kappa shape index (κ3) is 3.28. The summed E-state index contributed by atoms with van der Waals surface area (Å²) in [5.41, 5.74) is 2.37. The highest BCUT2D eigenvalue weighted by Crippen LogP contribution is 2.34. The molecule has 1 N–H and O–H groups in total. The van der Waals surface area contributed by atoms with Crippen molar-refractivity contribution in [1.29, 1.82) is 0 Å². The topological polar surface area (TPSA) is 68.1 Å². The fourth-order valence-electron chi connectivity index (χ4n) is 2.32. The molecule has 0 saturated carbocycles. The molecule has 122 valence electrons. The quantitative estimate of drug-likeness (QED) is 0.452. The Kier molecular flexibility index (Phi) is 4.84. The first kappa shape index (κ1) is 16.5. The van der Waals surface area contributed by atoms with Gasteiger partial charge < -0.3 is 14.7 Å². The molecule has 0 aliphatic carbocycles. The number of aromatic hydroxyl groups is 1. The van der Waals surface area contributed by atoms with E-state index in [-0.39, 0.29) is 5.75 Å².